The largest absolute Gasteiger partial charge is 0.386 e. The van der Waals surface area contributed by atoms with Crippen LogP contribution in [-0.4, -0.2) is 34.6 Å². The van der Waals surface area contributed by atoms with Gasteiger partial charge in [0.05, 0.1) is 28.6 Å². The predicted octanol–water partition coefficient (Wildman–Crippen LogP) is 3.83. The maximum absolute atomic E-state index is 10.5. The Morgan fingerprint density at radius 1 is 1.06 bits per heavy atom. The average Bonchev–Trinajstić information content (AvgIpc) is 3.23. The summed E-state index contributed by atoms with van der Waals surface area (Å²) in [6.45, 7) is 9.27. The molecule has 1 aromatic carbocycles. The van der Waals surface area contributed by atoms with Gasteiger partial charge in [-0.1, -0.05) is 12.1 Å². The number of aliphatic hydroxyl groups is 1. The molecule has 0 aliphatic rings. The van der Waals surface area contributed by atoms with E-state index in [1.807, 2.05) is 40.0 Å². The van der Waals surface area contributed by atoms with Crippen LogP contribution in [0.3, 0.4) is 0 Å². The van der Waals surface area contributed by atoms with E-state index in [9.17, 15) is 5.11 Å². The van der Waals surface area contributed by atoms with Crippen molar-refractivity contribution < 1.29 is 5.11 Å². The fraction of sp³-hybridized carbons (Fsp3) is 0.292. The van der Waals surface area contributed by atoms with Crippen molar-refractivity contribution in [2.24, 2.45) is 7.05 Å². The Hall–Kier alpha value is -4.03. The molecule has 0 atom stereocenters. The summed E-state index contributed by atoms with van der Waals surface area (Å²) in [5.74, 6) is 1.98. The highest BCUT2D eigenvalue weighted by atomic mass is 16.3. The Morgan fingerprint density at radius 2 is 1.76 bits per heavy atom. The van der Waals surface area contributed by atoms with E-state index in [4.69, 9.17) is 5.26 Å². The molecule has 4 aromatic rings. The zero-order valence-electron chi connectivity index (χ0n) is 19.5. The molecule has 2 N–H and O–H groups in total. The number of aromatic nitrogens is 6. The van der Waals surface area contributed by atoms with E-state index in [1.54, 1.807) is 41.4 Å². The maximum Gasteiger partial charge on any atom is 0.159 e. The predicted molar refractivity (Wildman–Crippen MR) is 125 cm³/mol. The van der Waals surface area contributed by atoms with Crippen LogP contribution in [0, 0.1) is 32.1 Å². The molecule has 0 bridgehead atoms. The minimum absolute atomic E-state index is 0.592. The van der Waals surface area contributed by atoms with Gasteiger partial charge < -0.3 is 10.4 Å². The molecule has 3 aromatic heterocycles. The summed E-state index contributed by atoms with van der Waals surface area (Å²) >= 11 is 0. The minimum Gasteiger partial charge on any atom is -0.386 e. The fourth-order valence-electron chi connectivity index (χ4n) is 4.19. The topological polar surface area (TPSA) is 117 Å². The third-order valence-corrected chi connectivity index (χ3v) is 5.59. The first kappa shape index (κ1) is 22.2. The monoisotopic (exact) mass is 442 g/mol. The van der Waals surface area contributed by atoms with Crippen molar-refractivity contribution in [3.05, 3.63) is 64.7 Å². The molecule has 0 radical (unpaired) electrons. The van der Waals surface area contributed by atoms with Gasteiger partial charge in [-0.3, -0.25) is 4.68 Å². The summed E-state index contributed by atoms with van der Waals surface area (Å²) in [5.41, 5.74) is 4.67. The smallest absolute Gasteiger partial charge is 0.159 e. The highest BCUT2D eigenvalue weighted by Crippen LogP contribution is 2.31. The van der Waals surface area contributed by atoms with Gasteiger partial charge in [0.2, 0.25) is 0 Å². The third kappa shape index (κ3) is 4.08. The van der Waals surface area contributed by atoms with Crippen LogP contribution in [0.15, 0.2) is 36.7 Å². The minimum atomic E-state index is -1.01. The molecule has 0 aliphatic carbocycles. The second-order valence-electron chi connectivity index (χ2n) is 8.54. The molecule has 9 nitrogen and oxygen atoms in total. The Balaban J connectivity index is 1.68. The van der Waals surface area contributed by atoms with Crippen molar-refractivity contribution in [1.29, 1.82) is 5.26 Å². The third-order valence-electron chi connectivity index (χ3n) is 5.59. The first-order chi connectivity index (χ1) is 15.6. The molecule has 0 spiro atoms. The first-order valence-electron chi connectivity index (χ1n) is 10.5. The van der Waals surface area contributed by atoms with Gasteiger partial charge in [0.15, 0.2) is 5.82 Å². The molecule has 0 saturated heterocycles. The number of aryl methyl sites for hydroxylation is 2. The van der Waals surface area contributed by atoms with Gasteiger partial charge in [-0.25, -0.2) is 14.6 Å². The molecule has 4 rings (SSSR count). The highest BCUT2D eigenvalue weighted by molar-refractivity contribution is 5.71. The van der Waals surface area contributed by atoms with Crippen LogP contribution in [0.5, 0.6) is 0 Å². The highest BCUT2D eigenvalue weighted by Gasteiger charge is 2.26. The number of hydrogen-bond acceptors (Lipinski definition) is 7. The summed E-state index contributed by atoms with van der Waals surface area (Å²) in [4.78, 5) is 8.75. The Morgan fingerprint density at radius 3 is 2.36 bits per heavy atom. The first-order valence-corrected chi connectivity index (χ1v) is 10.5. The van der Waals surface area contributed by atoms with E-state index in [-0.39, 0.29) is 0 Å². The van der Waals surface area contributed by atoms with Crippen LogP contribution >= 0.6 is 0 Å². The van der Waals surface area contributed by atoms with Crippen molar-refractivity contribution in [3.63, 3.8) is 0 Å². The van der Waals surface area contributed by atoms with Crippen molar-refractivity contribution in [2.75, 3.05) is 5.32 Å². The lowest BCUT2D eigenvalue weighted by atomic mass is 9.96. The lowest BCUT2D eigenvalue weighted by Gasteiger charge is -2.18. The van der Waals surface area contributed by atoms with Gasteiger partial charge >= 0.3 is 0 Å². The summed E-state index contributed by atoms with van der Waals surface area (Å²) in [6.07, 6.45) is 1.48. The number of anilines is 2. The lowest BCUT2D eigenvalue weighted by molar-refractivity contribution is 0.0772. The number of nitrogens with one attached hydrogen (secondary N) is 1. The number of hydrogen-bond donors (Lipinski definition) is 2. The quantitative estimate of drug-likeness (QED) is 0.482. The van der Waals surface area contributed by atoms with Gasteiger partial charge in [-0.15, -0.1) is 0 Å². The van der Waals surface area contributed by atoms with Gasteiger partial charge in [-0.05, 0) is 46.8 Å². The van der Waals surface area contributed by atoms with Gasteiger partial charge in [-0.2, -0.15) is 15.5 Å². The summed E-state index contributed by atoms with van der Waals surface area (Å²) in [7, 11) is 1.86. The molecule has 168 valence electrons. The molecule has 0 unspecified atom stereocenters. The van der Waals surface area contributed by atoms with Crippen molar-refractivity contribution in [2.45, 2.75) is 40.2 Å². The van der Waals surface area contributed by atoms with Gasteiger partial charge in [0, 0.05) is 35.5 Å². The molecule has 0 aliphatic heterocycles. The normalized spacial score (nSPS) is 11.5. The molecule has 0 amide bonds. The van der Waals surface area contributed by atoms with E-state index < -0.39 is 5.60 Å². The molecule has 9 heteroatoms. The zero-order chi connectivity index (χ0) is 23.9. The van der Waals surface area contributed by atoms with Crippen LogP contribution in [0.2, 0.25) is 0 Å². The molecule has 0 saturated carbocycles. The average molecular weight is 443 g/mol. The molecule has 3 heterocycles. The Kier molecular flexibility index (Phi) is 5.47. The second-order valence-corrected chi connectivity index (χ2v) is 8.54. The van der Waals surface area contributed by atoms with E-state index in [0.29, 0.717) is 17.2 Å². The van der Waals surface area contributed by atoms with Gasteiger partial charge in [0.1, 0.15) is 18.0 Å². The standard InChI is InChI=1S/C24H26N8O/c1-14-22(18-9-7-17(12-25)8-10-18)30-31(6)23(14)28-19-11-20(27-13-26-19)32-16(3)21(15(2)29-32)24(4,5)33/h7-11,13,33H,1-6H3,(H,26,27,28). The van der Waals surface area contributed by atoms with Crippen molar-refractivity contribution in [1.82, 2.24) is 29.5 Å². The molecular formula is C24H26N8O. The van der Waals surface area contributed by atoms with Crippen LogP contribution in [-0.2, 0) is 12.6 Å². The van der Waals surface area contributed by atoms with Crippen LogP contribution in [0.25, 0.3) is 17.1 Å². The van der Waals surface area contributed by atoms with Gasteiger partial charge in [0.25, 0.3) is 0 Å². The number of rotatable bonds is 5. The Labute approximate surface area is 192 Å². The Bertz CT molecular complexity index is 1370. The molecular weight excluding hydrogens is 416 g/mol. The summed E-state index contributed by atoms with van der Waals surface area (Å²) in [6, 6.07) is 11.3. The lowest BCUT2D eigenvalue weighted by Crippen LogP contribution is -2.18. The number of nitriles is 1. The zero-order valence-corrected chi connectivity index (χ0v) is 19.5. The summed E-state index contributed by atoms with van der Waals surface area (Å²) < 4.78 is 3.48. The van der Waals surface area contributed by atoms with Crippen molar-refractivity contribution >= 4 is 11.6 Å². The van der Waals surface area contributed by atoms with E-state index in [0.717, 1.165) is 39.6 Å². The summed E-state index contributed by atoms with van der Waals surface area (Å²) in [5, 5.41) is 32.1. The maximum atomic E-state index is 10.5. The number of benzene rings is 1. The SMILES string of the molecule is Cc1nn(-c2cc(Nc3c(C)c(-c4ccc(C#N)cc4)nn3C)ncn2)c(C)c1C(C)(C)O. The van der Waals surface area contributed by atoms with Crippen LogP contribution < -0.4 is 5.32 Å². The van der Waals surface area contributed by atoms with Crippen molar-refractivity contribution in [3.8, 4) is 23.1 Å². The molecule has 33 heavy (non-hydrogen) atoms. The van der Waals surface area contributed by atoms with E-state index in [1.165, 1.54) is 6.33 Å². The van der Waals surface area contributed by atoms with Crippen LogP contribution in [0.1, 0.15) is 41.9 Å². The second kappa shape index (κ2) is 8.15. The van der Waals surface area contributed by atoms with Crippen LogP contribution in [0.4, 0.5) is 11.6 Å². The van der Waals surface area contributed by atoms with E-state index in [2.05, 4.69) is 31.6 Å². The number of nitrogens with zero attached hydrogens (tertiary/aromatic N) is 7. The fourth-order valence-corrected chi connectivity index (χ4v) is 4.19. The molecule has 0 fully saturated rings. The van der Waals surface area contributed by atoms with E-state index >= 15 is 0 Å².